The summed E-state index contributed by atoms with van der Waals surface area (Å²) in [5.41, 5.74) is 2.84. The van der Waals surface area contributed by atoms with E-state index in [4.69, 9.17) is 0 Å². The molecule has 0 aliphatic rings. The lowest BCUT2D eigenvalue weighted by atomic mass is 9.86. The summed E-state index contributed by atoms with van der Waals surface area (Å²) in [7, 11) is 0. The largest absolute Gasteiger partial charge is 0.361 e. The van der Waals surface area contributed by atoms with Crippen molar-refractivity contribution < 1.29 is 4.79 Å². The average Bonchev–Trinajstić information content (AvgIpc) is 2.69. The van der Waals surface area contributed by atoms with E-state index in [1.165, 1.54) is 10.9 Å². The molecule has 1 heterocycles. The second kappa shape index (κ2) is 4.27. The van der Waals surface area contributed by atoms with Gasteiger partial charge in [0.1, 0.15) is 0 Å². The van der Waals surface area contributed by atoms with Gasteiger partial charge >= 0.3 is 0 Å². The molecule has 0 aliphatic carbocycles. The molecule has 0 fully saturated rings. The van der Waals surface area contributed by atoms with E-state index in [-0.39, 0.29) is 11.2 Å². The van der Waals surface area contributed by atoms with Crippen LogP contribution in [0.15, 0.2) is 24.4 Å². The van der Waals surface area contributed by atoms with Crippen molar-refractivity contribution in [2.24, 2.45) is 5.41 Å². The number of aromatic nitrogens is 1. The first-order valence-electron chi connectivity index (χ1n) is 6.46. The first-order chi connectivity index (χ1) is 8.30. The van der Waals surface area contributed by atoms with Crippen LogP contribution in [0.3, 0.4) is 0 Å². The lowest BCUT2D eigenvalue weighted by Crippen LogP contribution is -2.20. The van der Waals surface area contributed by atoms with Gasteiger partial charge in [0.05, 0.1) is 0 Å². The van der Waals surface area contributed by atoms with Crippen LogP contribution in [-0.4, -0.2) is 10.8 Å². The lowest BCUT2D eigenvalue weighted by molar-refractivity contribution is 0.0858. The van der Waals surface area contributed by atoms with E-state index in [0.29, 0.717) is 5.92 Å². The Labute approximate surface area is 108 Å². The van der Waals surface area contributed by atoms with Gasteiger partial charge in [0, 0.05) is 28.1 Å². The first kappa shape index (κ1) is 12.9. The summed E-state index contributed by atoms with van der Waals surface area (Å²) >= 11 is 0. The van der Waals surface area contributed by atoms with E-state index in [1.54, 1.807) is 0 Å². The normalized spacial score (nSPS) is 12.3. The van der Waals surface area contributed by atoms with Crippen molar-refractivity contribution in [3.05, 3.63) is 35.5 Å². The zero-order valence-corrected chi connectivity index (χ0v) is 11.8. The third-order valence-corrected chi connectivity index (χ3v) is 3.28. The molecular weight excluding hydrogens is 222 g/mol. The number of Topliss-reactive ketones (excluding diaryl/α,β-unsaturated/α-hetero) is 1. The lowest BCUT2D eigenvalue weighted by Gasteiger charge is -2.16. The smallest absolute Gasteiger partial charge is 0.168 e. The second-order valence-corrected chi connectivity index (χ2v) is 6.24. The second-order valence-electron chi connectivity index (χ2n) is 6.24. The molecule has 0 atom stereocenters. The Bertz CT molecular complexity index is 585. The molecule has 2 aromatic rings. The van der Waals surface area contributed by atoms with Crippen LogP contribution in [0.5, 0.6) is 0 Å². The standard InChI is InChI=1S/C16H21NO/c1-10(2)13-9-17-14-7-6-11(8-12(13)14)15(18)16(3,4)5/h6-10,17H,1-5H3. The third kappa shape index (κ3) is 2.20. The minimum Gasteiger partial charge on any atom is -0.361 e. The highest BCUT2D eigenvalue weighted by molar-refractivity contribution is 6.03. The highest BCUT2D eigenvalue weighted by atomic mass is 16.1. The quantitative estimate of drug-likeness (QED) is 0.773. The molecule has 2 rings (SSSR count). The fourth-order valence-electron chi connectivity index (χ4n) is 2.19. The summed E-state index contributed by atoms with van der Waals surface area (Å²) in [4.78, 5) is 15.6. The first-order valence-corrected chi connectivity index (χ1v) is 6.46. The molecule has 0 radical (unpaired) electrons. The Kier molecular flexibility index (Phi) is 3.05. The van der Waals surface area contributed by atoms with Gasteiger partial charge in [0.2, 0.25) is 0 Å². The fourth-order valence-corrected chi connectivity index (χ4v) is 2.19. The van der Waals surface area contributed by atoms with Gasteiger partial charge in [-0.15, -0.1) is 0 Å². The van der Waals surface area contributed by atoms with Gasteiger partial charge in [0.25, 0.3) is 0 Å². The molecule has 0 saturated carbocycles. The fraction of sp³-hybridized carbons (Fsp3) is 0.438. The number of carbonyl (C=O) groups is 1. The zero-order valence-electron chi connectivity index (χ0n) is 11.8. The number of carbonyl (C=O) groups excluding carboxylic acids is 1. The van der Waals surface area contributed by atoms with Crippen molar-refractivity contribution in [2.45, 2.75) is 40.5 Å². The average molecular weight is 243 g/mol. The molecule has 0 saturated heterocycles. The Hall–Kier alpha value is -1.57. The molecule has 0 aliphatic heterocycles. The summed E-state index contributed by atoms with van der Waals surface area (Å²) < 4.78 is 0. The number of H-pyrrole nitrogens is 1. The van der Waals surface area contributed by atoms with Crippen molar-refractivity contribution in [3.63, 3.8) is 0 Å². The van der Waals surface area contributed by atoms with Crippen molar-refractivity contribution in [1.82, 2.24) is 4.98 Å². The van der Waals surface area contributed by atoms with Crippen LogP contribution in [0, 0.1) is 5.41 Å². The van der Waals surface area contributed by atoms with Gasteiger partial charge < -0.3 is 4.98 Å². The summed E-state index contributed by atoms with van der Waals surface area (Å²) in [6.45, 7) is 10.2. The van der Waals surface area contributed by atoms with E-state index < -0.39 is 0 Å². The highest BCUT2D eigenvalue weighted by Crippen LogP contribution is 2.28. The van der Waals surface area contributed by atoms with E-state index in [0.717, 1.165) is 11.1 Å². The van der Waals surface area contributed by atoms with Crippen LogP contribution in [0.25, 0.3) is 10.9 Å². The van der Waals surface area contributed by atoms with Crippen LogP contribution in [0.1, 0.15) is 56.5 Å². The third-order valence-electron chi connectivity index (χ3n) is 3.28. The van der Waals surface area contributed by atoms with Crippen molar-refractivity contribution >= 4 is 16.7 Å². The van der Waals surface area contributed by atoms with Crippen LogP contribution in [0.4, 0.5) is 0 Å². The number of fused-ring (bicyclic) bond motifs is 1. The molecule has 18 heavy (non-hydrogen) atoms. The Morgan fingerprint density at radius 2 is 1.89 bits per heavy atom. The van der Waals surface area contributed by atoms with Crippen molar-refractivity contribution in [1.29, 1.82) is 0 Å². The monoisotopic (exact) mass is 243 g/mol. The molecule has 96 valence electrons. The number of hydrogen-bond donors (Lipinski definition) is 1. The Morgan fingerprint density at radius 1 is 1.22 bits per heavy atom. The van der Waals surface area contributed by atoms with Crippen molar-refractivity contribution in [3.8, 4) is 0 Å². The maximum Gasteiger partial charge on any atom is 0.168 e. The van der Waals surface area contributed by atoms with Crippen LogP contribution >= 0.6 is 0 Å². The van der Waals surface area contributed by atoms with E-state index in [1.807, 2.05) is 45.2 Å². The minimum absolute atomic E-state index is 0.195. The predicted molar refractivity (Wildman–Crippen MR) is 76.2 cm³/mol. The van der Waals surface area contributed by atoms with Gasteiger partial charge in [-0.25, -0.2) is 0 Å². The number of aromatic amines is 1. The van der Waals surface area contributed by atoms with Gasteiger partial charge in [-0.3, -0.25) is 4.79 Å². The van der Waals surface area contributed by atoms with E-state index in [9.17, 15) is 4.79 Å². The number of ketones is 1. The van der Waals surface area contributed by atoms with Gasteiger partial charge in [-0.2, -0.15) is 0 Å². The molecule has 0 bridgehead atoms. The van der Waals surface area contributed by atoms with Crippen molar-refractivity contribution in [2.75, 3.05) is 0 Å². The molecule has 1 N–H and O–H groups in total. The van der Waals surface area contributed by atoms with Gasteiger partial charge in [0.15, 0.2) is 5.78 Å². The molecule has 2 heteroatoms. The molecule has 1 aromatic heterocycles. The maximum absolute atomic E-state index is 12.3. The number of nitrogens with one attached hydrogen (secondary N) is 1. The number of benzene rings is 1. The SMILES string of the molecule is CC(C)c1c[nH]c2ccc(C(=O)C(C)(C)C)cc12. The topological polar surface area (TPSA) is 32.9 Å². The molecule has 1 aromatic carbocycles. The summed E-state index contributed by atoms with van der Waals surface area (Å²) in [5.74, 6) is 0.652. The molecular formula is C16H21NO. The molecule has 0 unspecified atom stereocenters. The molecule has 2 nitrogen and oxygen atoms in total. The Balaban J connectivity index is 2.56. The summed E-state index contributed by atoms with van der Waals surface area (Å²) in [6.07, 6.45) is 2.04. The summed E-state index contributed by atoms with van der Waals surface area (Å²) in [6, 6.07) is 5.94. The van der Waals surface area contributed by atoms with E-state index >= 15 is 0 Å². The van der Waals surface area contributed by atoms with Crippen LogP contribution < -0.4 is 0 Å². The minimum atomic E-state index is -0.331. The zero-order chi connectivity index (χ0) is 13.5. The van der Waals surface area contributed by atoms with Crippen LogP contribution in [0.2, 0.25) is 0 Å². The number of hydrogen-bond acceptors (Lipinski definition) is 1. The number of rotatable bonds is 2. The molecule has 0 spiro atoms. The van der Waals surface area contributed by atoms with Crippen LogP contribution in [-0.2, 0) is 0 Å². The molecule has 0 amide bonds. The van der Waals surface area contributed by atoms with Gasteiger partial charge in [-0.1, -0.05) is 34.6 Å². The van der Waals surface area contributed by atoms with Gasteiger partial charge in [-0.05, 0) is 29.7 Å². The Morgan fingerprint density at radius 3 is 2.44 bits per heavy atom. The maximum atomic E-state index is 12.3. The summed E-state index contributed by atoms with van der Waals surface area (Å²) in [5, 5.41) is 1.17. The highest BCUT2D eigenvalue weighted by Gasteiger charge is 2.23. The van der Waals surface area contributed by atoms with E-state index in [2.05, 4.69) is 18.8 Å². The predicted octanol–water partition coefficient (Wildman–Crippen LogP) is 4.52.